The molecule has 2 aromatic carbocycles. The Morgan fingerprint density at radius 3 is 1.98 bits per heavy atom. The Balaban J connectivity index is 0.000000132. The third-order valence-corrected chi connectivity index (χ3v) is 10.2. The number of allylic oxidation sites excluding steroid dienone is 1. The van der Waals surface area contributed by atoms with Gasteiger partial charge in [-0.15, -0.1) is 0 Å². The van der Waals surface area contributed by atoms with Gasteiger partial charge in [0, 0.05) is 37.1 Å². The molecule has 0 radical (unpaired) electrons. The van der Waals surface area contributed by atoms with Crippen molar-refractivity contribution in [2.45, 2.75) is 81.8 Å². The zero-order chi connectivity index (χ0) is 27.8. The lowest BCUT2D eigenvalue weighted by Gasteiger charge is -2.35. The van der Waals surface area contributed by atoms with Crippen molar-refractivity contribution in [3.05, 3.63) is 82.0 Å². The van der Waals surface area contributed by atoms with Crippen molar-refractivity contribution in [2.75, 3.05) is 27.2 Å². The minimum atomic E-state index is -0.371. The average Bonchev–Trinajstić information content (AvgIpc) is 3.34. The molecule has 0 aromatic heterocycles. The predicted octanol–water partition coefficient (Wildman–Crippen LogP) is 4.51. The van der Waals surface area contributed by atoms with Crippen LogP contribution in [0, 0.1) is 13.8 Å². The first kappa shape index (κ1) is 26.0. The van der Waals surface area contributed by atoms with E-state index in [1.54, 1.807) is 6.08 Å². The van der Waals surface area contributed by atoms with Crippen LogP contribution in [0.2, 0.25) is 0 Å². The van der Waals surface area contributed by atoms with Crippen molar-refractivity contribution in [1.29, 1.82) is 0 Å². The van der Waals surface area contributed by atoms with Crippen molar-refractivity contribution >= 4 is 5.78 Å². The van der Waals surface area contributed by atoms with Crippen LogP contribution in [0.4, 0.5) is 0 Å². The van der Waals surface area contributed by atoms with Crippen LogP contribution in [0.3, 0.4) is 0 Å². The fourth-order valence-electron chi connectivity index (χ4n) is 8.03. The fourth-order valence-corrected chi connectivity index (χ4v) is 8.03. The van der Waals surface area contributed by atoms with Gasteiger partial charge in [0.1, 0.15) is 23.7 Å². The summed E-state index contributed by atoms with van der Waals surface area (Å²) < 4.78 is 12.5. The average molecular weight is 541 g/mol. The molecule has 5 atom stereocenters. The smallest absolute Gasteiger partial charge is 0.159 e. The molecule has 210 valence electrons. The van der Waals surface area contributed by atoms with Crippen molar-refractivity contribution in [2.24, 2.45) is 0 Å². The molecule has 0 saturated carbocycles. The van der Waals surface area contributed by atoms with Crippen LogP contribution in [0.1, 0.15) is 59.1 Å². The molecule has 2 aromatic rings. The summed E-state index contributed by atoms with van der Waals surface area (Å²) in [6.45, 7) is 8.26. The van der Waals surface area contributed by atoms with E-state index >= 15 is 0 Å². The molecule has 0 saturated heterocycles. The van der Waals surface area contributed by atoms with E-state index in [1.807, 2.05) is 6.08 Å². The molecule has 6 heteroatoms. The summed E-state index contributed by atoms with van der Waals surface area (Å²) in [6.07, 6.45) is 11.1. The van der Waals surface area contributed by atoms with Crippen molar-refractivity contribution in [3.63, 3.8) is 0 Å². The lowest BCUT2D eigenvalue weighted by molar-refractivity contribution is -0.117. The molecule has 4 heterocycles. The summed E-state index contributed by atoms with van der Waals surface area (Å²) in [6, 6.07) is 8.79. The van der Waals surface area contributed by atoms with Gasteiger partial charge in [-0.1, -0.05) is 42.5 Å². The van der Waals surface area contributed by atoms with Gasteiger partial charge in [-0.05, 0) is 82.2 Å². The van der Waals surface area contributed by atoms with Crippen molar-refractivity contribution < 1.29 is 19.4 Å². The summed E-state index contributed by atoms with van der Waals surface area (Å²) >= 11 is 0. The molecule has 0 fully saturated rings. The van der Waals surface area contributed by atoms with Crippen LogP contribution < -0.4 is 9.47 Å². The van der Waals surface area contributed by atoms with Gasteiger partial charge in [-0.3, -0.25) is 4.79 Å². The Hall–Kier alpha value is -2.93. The Kier molecular flexibility index (Phi) is 6.04. The molecule has 0 amide bonds. The van der Waals surface area contributed by atoms with E-state index in [2.05, 4.69) is 74.2 Å². The maximum atomic E-state index is 11.8. The largest absolute Gasteiger partial charge is 0.488 e. The number of carbonyl (C=O) groups excluding carboxylic acids is 1. The number of hydrogen-bond acceptors (Lipinski definition) is 6. The molecule has 0 bridgehead atoms. The van der Waals surface area contributed by atoms with E-state index < -0.39 is 0 Å². The Bertz CT molecular complexity index is 1450. The molecule has 6 nitrogen and oxygen atoms in total. The zero-order valence-corrected chi connectivity index (χ0v) is 24.1. The van der Waals surface area contributed by atoms with Crippen molar-refractivity contribution in [3.8, 4) is 11.5 Å². The van der Waals surface area contributed by atoms with Gasteiger partial charge in [0.15, 0.2) is 5.78 Å². The SMILES string of the molecule is Cc1ccc2c3c1O[C@H]1CC(=O)C=C[C@@]31CCN(C)C2.Cc1ccc2c3c1O[C@H]1C[C@@H](O)C=C[C@@]31CCN(C)C2. The number of aryl methyl sites for hydroxylation is 2. The number of hydrogen-bond donors (Lipinski definition) is 1. The molecule has 0 unspecified atom stereocenters. The van der Waals surface area contributed by atoms with Crippen LogP contribution in [0.15, 0.2) is 48.6 Å². The normalized spacial score (nSPS) is 33.3. The van der Waals surface area contributed by atoms with Gasteiger partial charge in [0.05, 0.1) is 16.9 Å². The second-order valence-electron chi connectivity index (χ2n) is 12.9. The lowest BCUT2D eigenvalue weighted by atomic mass is 9.69. The van der Waals surface area contributed by atoms with Gasteiger partial charge < -0.3 is 24.4 Å². The zero-order valence-electron chi connectivity index (χ0n) is 24.1. The fraction of sp³-hybridized carbons (Fsp3) is 0.500. The molecule has 40 heavy (non-hydrogen) atoms. The van der Waals surface area contributed by atoms with E-state index in [4.69, 9.17) is 9.47 Å². The number of nitrogens with zero attached hydrogens (tertiary/aromatic N) is 2. The predicted molar refractivity (Wildman–Crippen MR) is 155 cm³/mol. The maximum absolute atomic E-state index is 11.8. The van der Waals surface area contributed by atoms with Crippen LogP contribution in [-0.2, 0) is 28.7 Å². The third kappa shape index (κ3) is 3.83. The van der Waals surface area contributed by atoms with Crippen LogP contribution in [0.5, 0.6) is 11.5 Å². The van der Waals surface area contributed by atoms with E-state index in [-0.39, 0.29) is 34.9 Å². The summed E-state index contributed by atoms with van der Waals surface area (Å²) in [4.78, 5) is 16.5. The quantitative estimate of drug-likeness (QED) is 0.497. The van der Waals surface area contributed by atoms with Gasteiger partial charge in [0.2, 0.25) is 0 Å². The Morgan fingerprint density at radius 1 is 0.825 bits per heavy atom. The number of carbonyl (C=O) groups is 1. The minimum absolute atomic E-state index is 0.0126. The standard InChI is InChI=1S/C17H21NO2.C17H19NO2/c2*1-11-3-4-12-10-18(2)8-7-17-6-5-13(19)9-14(17)20-16(11)15(12)17/h3-6,13-14,19H,7-10H2,1-2H3;3-6,14H,7-10H2,1-2H3/t13-,14-,17-;14-,17-/m00/s1. The number of aliphatic hydroxyl groups is 1. The molecule has 1 N–H and O–H groups in total. The molecule has 2 aliphatic carbocycles. The molecular formula is C34H40N2O4. The highest BCUT2D eigenvalue weighted by Crippen LogP contribution is 2.54. The first-order chi connectivity index (χ1) is 19.2. The molecule has 2 spiro atoms. The van der Waals surface area contributed by atoms with Crippen molar-refractivity contribution in [1.82, 2.24) is 9.80 Å². The van der Waals surface area contributed by atoms with Crippen LogP contribution in [-0.4, -0.2) is 66.2 Å². The summed E-state index contributed by atoms with van der Waals surface area (Å²) in [7, 11) is 4.35. The number of ketones is 1. The lowest BCUT2D eigenvalue weighted by Crippen LogP contribution is -2.42. The Labute approximate surface area is 237 Å². The number of aliphatic hydroxyl groups excluding tert-OH is 1. The maximum Gasteiger partial charge on any atom is 0.159 e. The number of rotatable bonds is 0. The molecule has 4 aliphatic heterocycles. The molecular weight excluding hydrogens is 500 g/mol. The summed E-state index contributed by atoms with van der Waals surface area (Å²) in [5.41, 5.74) is 7.75. The second-order valence-corrected chi connectivity index (χ2v) is 12.9. The minimum Gasteiger partial charge on any atom is -0.488 e. The highest BCUT2D eigenvalue weighted by Gasteiger charge is 2.53. The van der Waals surface area contributed by atoms with Gasteiger partial charge in [-0.25, -0.2) is 0 Å². The van der Waals surface area contributed by atoms with Crippen LogP contribution in [0.25, 0.3) is 0 Å². The highest BCUT2D eigenvalue weighted by atomic mass is 16.5. The van der Waals surface area contributed by atoms with E-state index in [1.165, 1.54) is 33.4 Å². The number of ether oxygens (including phenoxy) is 2. The number of benzene rings is 2. The molecule has 6 aliphatic rings. The van der Waals surface area contributed by atoms with E-state index in [0.717, 1.165) is 50.5 Å². The monoisotopic (exact) mass is 540 g/mol. The van der Waals surface area contributed by atoms with E-state index in [9.17, 15) is 9.90 Å². The first-order valence-corrected chi connectivity index (χ1v) is 14.8. The third-order valence-electron chi connectivity index (χ3n) is 10.2. The van der Waals surface area contributed by atoms with E-state index in [0.29, 0.717) is 12.8 Å². The second kappa shape index (κ2) is 9.30. The van der Waals surface area contributed by atoms with Gasteiger partial charge in [-0.2, -0.15) is 0 Å². The highest BCUT2D eigenvalue weighted by molar-refractivity contribution is 5.92. The Morgan fingerprint density at radius 2 is 1.38 bits per heavy atom. The summed E-state index contributed by atoms with van der Waals surface area (Å²) in [5, 5.41) is 9.95. The molecule has 8 rings (SSSR count). The topological polar surface area (TPSA) is 62.2 Å². The summed E-state index contributed by atoms with van der Waals surface area (Å²) in [5.74, 6) is 2.29. The van der Waals surface area contributed by atoms with Gasteiger partial charge in [0.25, 0.3) is 0 Å². The van der Waals surface area contributed by atoms with Gasteiger partial charge >= 0.3 is 0 Å². The first-order valence-electron chi connectivity index (χ1n) is 14.8. The van der Waals surface area contributed by atoms with Crippen LogP contribution >= 0.6 is 0 Å².